The van der Waals surface area contributed by atoms with Gasteiger partial charge in [0, 0.05) is 19.6 Å². The highest BCUT2D eigenvalue weighted by Crippen LogP contribution is 2.28. The fourth-order valence-electron chi connectivity index (χ4n) is 2.84. The van der Waals surface area contributed by atoms with Crippen LogP contribution in [0.4, 0.5) is 0 Å². The van der Waals surface area contributed by atoms with Crippen LogP contribution in [0.1, 0.15) is 32.3 Å². The normalized spacial score (nSPS) is 14.3. The Morgan fingerprint density at radius 3 is 2.62 bits per heavy atom. The van der Waals surface area contributed by atoms with Gasteiger partial charge in [-0.15, -0.1) is 0 Å². The SMILES string of the molecule is CCNC(=NCc1ccc(OC)c(OCC)c1)NCC(=O)N1CCCC1. The van der Waals surface area contributed by atoms with Crippen LogP contribution in [0.2, 0.25) is 0 Å². The highest BCUT2D eigenvalue weighted by Gasteiger charge is 2.17. The predicted molar refractivity (Wildman–Crippen MR) is 103 cm³/mol. The van der Waals surface area contributed by atoms with Gasteiger partial charge in [0.2, 0.25) is 5.91 Å². The van der Waals surface area contributed by atoms with Crippen LogP contribution in [0.5, 0.6) is 11.5 Å². The maximum atomic E-state index is 12.2. The van der Waals surface area contributed by atoms with Gasteiger partial charge < -0.3 is 25.0 Å². The third-order valence-electron chi connectivity index (χ3n) is 4.16. The van der Waals surface area contributed by atoms with Crippen molar-refractivity contribution in [2.24, 2.45) is 4.99 Å². The van der Waals surface area contributed by atoms with Gasteiger partial charge in [-0.2, -0.15) is 0 Å². The Bertz CT molecular complexity index is 613. The van der Waals surface area contributed by atoms with E-state index in [0.717, 1.165) is 38.0 Å². The van der Waals surface area contributed by atoms with Crippen molar-refractivity contribution in [1.29, 1.82) is 0 Å². The molecule has 2 N–H and O–H groups in total. The van der Waals surface area contributed by atoms with E-state index in [-0.39, 0.29) is 12.5 Å². The molecule has 144 valence electrons. The van der Waals surface area contributed by atoms with Gasteiger partial charge in [0.05, 0.1) is 26.8 Å². The second kappa shape index (κ2) is 10.5. The molecule has 0 atom stereocenters. The lowest BCUT2D eigenvalue weighted by Gasteiger charge is -2.17. The molecule has 0 unspecified atom stereocenters. The number of hydrogen-bond acceptors (Lipinski definition) is 4. The van der Waals surface area contributed by atoms with Crippen molar-refractivity contribution in [3.63, 3.8) is 0 Å². The average Bonchev–Trinajstić information content (AvgIpc) is 3.19. The topological polar surface area (TPSA) is 75.2 Å². The number of ether oxygens (including phenoxy) is 2. The summed E-state index contributed by atoms with van der Waals surface area (Å²) in [6, 6.07) is 5.78. The number of nitrogens with zero attached hydrogens (tertiary/aromatic N) is 2. The van der Waals surface area contributed by atoms with Gasteiger partial charge in [-0.1, -0.05) is 6.07 Å². The summed E-state index contributed by atoms with van der Waals surface area (Å²) in [5.41, 5.74) is 1.01. The summed E-state index contributed by atoms with van der Waals surface area (Å²) in [5.74, 6) is 2.18. The largest absolute Gasteiger partial charge is 0.493 e. The van der Waals surface area contributed by atoms with Crippen LogP contribution < -0.4 is 20.1 Å². The second-order valence-corrected chi connectivity index (χ2v) is 6.05. The van der Waals surface area contributed by atoms with E-state index in [0.29, 0.717) is 30.6 Å². The van der Waals surface area contributed by atoms with Crippen LogP contribution in [0, 0.1) is 0 Å². The van der Waals surface area contributed by atoms with Crippen molar-refractivity contribution >= 4 is 11.9 Å². The Labute approximate surface area is 155 Å². The van der Waals surface area contributed by atoms with Crippen molar-refractivity contribution < 1.29 is 14.3 Å². The molecule has 0 aromatic heterocycles. The Hall–Kier alpha value is -2.44. The van der Waals surface area contributed by atoms with E-state index in [1.807, 2.05) is 36.9 Å². The van der Waals surface area contributed by atoms with Gasteiger partial charge in [0.1, 0.15) is 0 Å². The summed E-state index contributed by atoms with van der Waals surface area (Å²) >= 11 is 0. The fourth-order valence-corrected chi connectivity index (χ4v) is 2.84. The summed E-state index contributed by atoms with van der Waals surface area (Å²) in [6.07, 6.45) is 2.19. The number of aliphatic imine (C=N–C) groups is 1. The minimum Gasteiger partial charge on any atom is -0.493 e. The molecule has 0 radical (unpaired) electrons. The maximum absolute atomic E-state index is 12.2. The Kier molecular flexibility index (Phi) is 8.05. The first kappa shape index (κ1) is 19.9. The molecule has 0 aliphatic carbocycles. The first-order valence-corrected chi connectivity index (χ1v) is 9.27. The Morgan fingerprint density at radius 2 is 1.96 bits per heavy atom. The second-order valence-electron chi connectivity index (χ2n) is 6.05. The zero-order valence-electron chi connectivity index (χ0n) is 16.0. The van der Waals surface area contributed by atoms with E-state index in [4.69, 9.17) is 9.47 Å². The molecule has 1 aromatic carbocycles. The number of rotatable bonds is 8. The molecule has 1 aromatic rings. The first-order chi connectivity index (χ1) is 12.7. The first-order valence-electron chi connectivity index (χ1n) is 9.27. The third-order valence-corrected chi connectivity index (χ3v) is 4.16. The molecule has 1 fully saturated rings. The minimum atomic E-state index is 0.121. The molecule has 7 heteroatoms. The number of carbonyl (C=O) groups excluding carboxylic acids is 1. The van der Waals surface area contributed by atoms with Crippen molar-refractivity contribution in [3.8, 4) is 11.5 Å². The molecular formula is C19H30N4O3. The summed E-state index contributed by atoms with van der Waals surface area (Å²) in [4.78, 5) is 18.6. The molecule has 2 rings (SSSR count). The minimum absolute atomic E-state index is 0.121. The van der Waals surface area contributed by atoms with Gasteiger partial charge in [-0.3, -0.25) is 4.79 Å². The highest BCUT2D eigenvalue weighted by molar-refractivity contribution is 5.86. The molecule has 1 aliphatic rings. The number of amides is 1. The standard InChI is InChI=1S/C19H30N4O3/c1-4-20-19(22-14-18(24)23-10-6-7-11-23)21-13-15-8-9-16(25-3)17(12-15)26-5-2/h8-9,12H,4-7,10-11,13-14H2,1-3H3,(H2,20,21,22). The number of guanidine groups is 1. The van der Waals surface area contributed by atoms with E-state index in [1.54, 1.807) is 7.11 Å². The lowest BCUT2D eigenvalue weighted by Crippen LogP contribution is -2.44. The van der Waals surface area contributed by atoms with Gasteiger partial charge in [0.15, 0.2) is 17.5 Å². The highest BCUT2D eigenvalue weighted by atomic mass is 16.5. The smallest absolute Gasteiger partial charge is 0.241 e. The molecule has 1 aliphatic heterocycles. The summed E-state index contributed by atoms with van der Waals surface area (Å²) in [5, 5.41) is 6.29. The van der Waals surface area contributed by atoms with E-state index in [2.05, 4.69) is 15.6 Å². The molecule has 1 amide bonds. The molecule has 0 saturated carbocycles. The van der Waals surface area contributed by atoms with Crippen LogP contribution in [0.25, 0.3) is 0 Å². The predicted octanol–water partition coefficient (Wildman–Crippen LogP) is 1.77. The zero-order valence-corrected chi connectivity index (χ0v) is 16.0. The van der Waals surface area contributed by atoms with E-state index in [9.17, 15) is 4.79 Å². The average molecular weight is 362 g/mol. The molecule has 1 heterocycles. The van der Waals surface area contributed by atoms with E-state index in [1.165, 1.54) is 0 Å². The van der Waals surface area contributed by atoms with Crippen LogP contribution >= 0.6 is 0 Å². The van der Waals surface area contributed by atoms with Gasteiger partial charge in [-0.25, -0.2) is 4.99 Å². The van der Waals surface area contributed by atoms with E-state index < -0.39 is 0 Å². The van der Waals surface area contributed by atoms with Crippen molar-refractivity contribution in [2.45, 2.75) is 33.2 Å². The van der Waals surface area contributed by atoms with Gasteiger partial charge >= 0.3 is 0 Å². The molecule has 26 heavy (non-hydrogen) atoms. The summed E-state index contributed by atoms with van der Waals surface area (Å²) in [6.45, 7) is 7.72. The summed E-state index contributed by atoms with van der Waals surface area (Å²) < 4.78 is 10.9. The molecule has 1 saturated heterocycles. The number of likely N-dealkylation sites (tertiary alicyclic amines) is 1. The molecule has 7 nitrogen and oxygen atoms in total. The number of methoxy groups -OCH3 is 1. The Balaban J connectivity index is 1.96. The number of nitrogens with one attached hydrogen (secondary N) is 2. The maximum Gasteiger partial charge on any atom is 0.241 e. The lowest BCUT2D eigenvalue weighted by molar-refractivity contribution is -0.128. The van der Waals surface area contributed by atoms with Crippen LogP contribution in [0.15, 0.2) is 23.2 Å². The lowest BCUT2D eigenvalue weighted by atomic mass is 10.2. The van der Waals surface area contributed by atoms with Gasteiger partial charge in [-0.05, 0) is 44.4 Å². The number of hydrogen-bond donors (Lipinski definition) is 2. The van der Waals surface area contributed by atoms with Gasteiger partial charge in [0.25, 0.3) is 0 Å². The monoisotopic (exact) mass is 362 g/mol. The number of carbonyl (C=O) groups is 1. The quantitative estimate of drug-likeness (QED) is 0.545. The van der Waals surface area contributed by atoms with Crippen molar-refractivity contribution in [2.75, 3.05) is 39.9 Å². The molecule has 0 spiro atoms. The van der Waals surface area contributed by atoms with Crippen LogP contribution in [-0.4, -0.2) is 56.7 Å². The van der Waals surface area contributed by atoms with E-state index >= 15 is 0 Å². The molecule has 0 bridgehead atoms. The van der Waals surface area contributed by atoms with Crippen molar-refractivity contribution in [1.82, 2.24) is 15.5 Å². The number of benzene rings is 1. The summed E-state index contributed by atoms with van der Waals surface area (Å²) in [7, 11) is 1.63. The van der Waals surface area contributed by atoms with Crippen LogP contribution in [-0.2, 0) is 11.3 Å². The van der Waals surface area contributed by atoms with Crippen LogP contribution in [0.3, 0.4) is 0 Å². The molecular weight excluding hydrogens is 332 g/mol. The fraction of sp³-hybridized carbons (Fsp3) is 0.579. The zero-order chi connectivity index (χ0) is 18.8. The third kappa shape index (κ3) is 5.82. The Morgan fingerprint density at radius 1 is 1.19 bits per heavy atom. The van der Waals surface area contributed by atoms with Crippen molar-refractivity contribution in [3.05, 3.63) is 23.8 Å².